The fraction of sp³-hybridized carbons (Fsp3) is 0. The molecule has 13 rings (SSSR count). The van der Waals surface area contributed by atoms with Gasteiger partial charge in [0.25, 0.3) is 0 Å². The van der Waals surface area contributed by atoms with Crippen LogP contribution in [-0.4, -0.2) is 19.3 Å². The molecule has 0 saturated heterocycles. The molecule has 3 heterocycles. The molecular formula is C62H40N4O. The number of hydrogen-bond donors (Lipinski definition) is 0. The molecule has 10 aromatic carbocycles. The van der Waals surface area contributed by atoms with Crippen LogP contribution in [0.5, 0.6) is 0 Å². The summed E-state index contributed by atoms with van der Waals surface area (Å²) in [4.78, 5) is 0. The van der Waals surface area contributed by atoms with E-state index in [4.69, 9.17) is 14.6 Å². The van der Waals surface area contributed by atoms with Gasteiger partial charge in [-0.2, -0.15) is 0 Å². The van der Waals surface area contributed by atoms with Crippen LogP contribution in [0.25, 0.3) is 122 Å². The van der Waals surface area contributed by atoms with E-state index in [9.17, 15) is 0 Å². The molecule has 5 nitrogen and oxygen atoms in total. The lowest BCUT2D eigenvalue weighted by molar-refractivity contribution is 0.585. The molecule has 3 aromatic heterocycles. The molecule has 5 heteroatoms. The molecule has 0 atom stereocenters. The Morgan fingerprint density at radius 1 is 0.269 bits per heavy atom. The second-order valence-corrected chi connectivity index (χ2v) is 17.1. The molecule has 67 heavy (non-hydrogen) atoms. The maximum atomic E-state index is 6.73. The van der Waals surface area contributed by atoms with E-state index in [1.807, 2.05) is 0 Å². The second kappa shape index (κ2) is 15.9. The smallest absolute Gasteiger partial charge is 0.248 e. The van der Waals surface area contributed by atoms with Gasteiger partial charge in [0, 0.05) is 44.0 Å². The average molecular weight is 857 g/mol. The molecule has 0 aliphatic rings. The Balaban J connectivity index is 0.940. The fourth-order valence-corrected chi connectivity index (χ4v) is 9.98. The summed E-state index contributed by atoms with van der Waals surface area (Å²) in [6, 6.07) is 86.3. The minimum atomic E-state index is 0.468. The summed E-state index contributed by atoms with van der Waals surface area (Å²) in [7, 11) is 0. The Bertz CT molecular complexity index is 3850. The number of fused-ring (bicyclic) bond motifs is 6. The molecule has 0 bridgehead atoms. The van der Waals surface area contributed by atoms with Gasteiger partial charge in [-0.15, -0.1) is 10.2 Å². The first-order valence-electron chi connectivity index (χ1n) is 22.6. The van der Waals surface area contributed by atoms with Crippen molar-refractivity contribution in [2.75, 3.05) is 0 Å². The molecule has 0 spiro atoms. The lowest BCUT2D eigenvalue weighted by atomic mass is 9.98. The van der Waals surface area contributed by atoms with Crippen LogP contribution in [0.15, 0.2) is 247 Å². The van der Waals surface area contributed by atoms with Gasteiger partial charge in [-0.1, -0.05) is 164 Å². The van der Waals surface area contributed by atoms with Gasteiger partial charge in [-0.25, -0.2) is 0 Å². The lowest BCUT2D eigenvalue weighted by Crippen LogP contribution is -1.96. The van der Waals surface area contributed by atoms with Crippen LogP contribution in [0, 0.1) is 0 Å². The van der Waals surface area contributed by atoms with Crippen molar-refractivity contribution in [3.8, 4) is 78.8 Å². The summed E-state index contributed by atoms with van der Waals surface area (Å²) in [6.07, 6.45) is 0. The number of benzene rings is 10. The quantitative estimate of drug-likeness (QED) is 0.153. The number of rotatable bonds is 8. The predicted octanol–water partition coefficient (Wildman–Crippen LogP) is 16.3. The van der Waals surface area contributed by atoms with E-state index in [0.29, 0.717) is 11.8 Å². The van der Waals surface area contributed by atoms with Gasteiger partial charge in [0.1, 0.15) is 0 Å². The Morgan fingerprint density at radius 3 is 1.22 bits per heavy atom. The van der Waals surface area contributed by atoms with Crippen molar-refractivity contribution in [1.82, 2.24) is 19.3 Å². The Hall–Kier alpha value is -9.06. The minimum absolute atomic E-state index is 0.468. The van der Waals surface area contributed by atoms with Crippen molar-refractivity contribution in [2.45, 2.75) is 0 Å². The van der Waals surface area contributed by atoms with Crippen LogP contribution in [0.4, 0.5) is 0 Å². The van der Waals surface area contributed by atoms with Gasteiger partial charge in [-0.05, 0) is 123 Å². The second-order valence-electron chi connectivity index (χ2n) is 17.1. The summed E-state index contributed by atoms with van der Waals surface area (Å²) in [5.74, 6) is 0.940. The topological polar surface area (TPSA) is 48.8 Å². The van der Waals surface area contributed by atoms with Gasteiger partial charge in [0.2, 0.25) is 11.8 Å². The summed E-state index contributed by atoms with van der Waals surface area (Å²) >= 11 is 0. The third-order valence-electron chi connectivity index (χ3n) is 13.1. The highest BCUT2D eigenvalue weighted by Gasteiger charge is 2.22. The first kappa shape index (κ1) is 38.4. The summed E-state index contributed by atoms with van der Waals surface area (Å²) in [5.41, 5.74) is 17.6. The summed E-state index contributed by atoms with van der Waals surface area (Å²) in [6.45, 7) is 0. The first-order chi connectivity index (χ1) is 33.2. The van der Waals surface area contributed by atoms with E-state index in [1.54, 1.807) is 0 Å². The van der Waals surface area contributed by atoms with Gasteiger partial charge in [0.15, 0.2) is 0 Å². The molecule has 0 unspecified atom stereocenters. The highest BCUT2D eigenvalue weighted by molar-refractivity contribution is 6.15. The van der Waals surface area contributed by atoms with Crippen LogP contribution in [0.2, 0.25) is 0 Å². The van der Waals surface area contributed by atoms with Crippen molar-refractivity contribution < 1.29 is 4.42 Å². The Labute approximate surface area is 387 Å². The lowest BCUT2D eigenvalue weighted by Gasteiger charge is -2.14. The maximum absolute atomic E-state index is 6.73. The number of hydrogen-bond acceptors (Lipinski definition) is 3. The van der Waals surface area contributed by atoms with Crippen LogP contribution in [0.1, 0.15) is 0 Å². The Kier molecular flexibility index (Phi) is 9.10. The maximum Gasteiger partial charge on any atom is 0.248 e. The van der Waals surface area contributed by atoms with E-state index >= 15 is 0 Å². The monoisotopic (exact) mass is 856 g/mol. The van der Waals surface area contributed by atoms with E-state index in [1.165, 1.54) is 22.3 Å². The highest BCUT2D eigenvalue weighted by Crippen LogP contribution is 2.42. The zero-order valence-corrected chi connectivity index (χ0v) is 36.3. The van der Waals surface area contributed by atoms with Crippen molar-refractivity contribution in [3.63, 3.8) is 0 Å². The fourth-order valence-electron chi connectivity index (χ4n) is 9.98. The Morgan fingerprint density at radius 2 is 0.687 bits per heavy atom. The normalized spacial score (nSPS) is 11.6. The third-order valence-corrected chi connectivity index (χ3v) is 13.1. The molecule has 0 N–H and O–H groups in total. The van der Waals surface area contributed by atoms with Crippen LogP contribution in [-0.2, 0) is 0 Å². The van der Waals surface area contributed by atoms with E-state index < -0.39 is 0 Å². The molecular weight excluding hydrogens is 817 g/mol. The van der Waals surface area contributed by atoms with Gasteiger partial charge < -0.3 is 13.6 Å². The van der Waals surface area contributed by atoms with Gasteiger partial charge in [-0.3, -0.25) is 0 Å². The number of aromatic nitrogens is 4. The molecule has 314 valence electrons. The van der Waals surface area contributed by atoms with Crippen molar-refractivity contribution >= 4 is 43.6 Å². The van der Waals surface area contributed by atoms with Crippen molar-refractivity contribution in [3.05, 3.63) is 243 Å². The molecule has 0 aliphatic carbocycles. The van der Waals surface area contributed by atoms with Crippen LogP contribution in [0.3, 0.4) is 0 Å². The molecule has 0 amide bonds. The minimum Gasteiger partial charge on any atom is -0.416 e. The van der Waals surface area contributed by atoms with Crippen molar-refractivity contribution in [2.24, 2.45) is 0 Å². The number of nitrogens with zero attached hydrogens (tertiary/aromatic N) is 4. The molecule has 13 aromatic rings. The summed E-state index contributed by atoms with van der Waals surface area (Å²) in [5, 5.41) is 13.9. The number of para-hydroxylation sites is 2. The zero-order chi connectivity index (χ0) is 44.3. The zero-order valence-electron chi connectivity index (χ0n) is 36.3. The van der Waals surface area contributed by atoms with Crippen molar-refractivity contribution in [1.29, 1.82) is 0 Å². The highest BCUT2D eigenvalue weighted by atomic mass is 16.4. The largest absolute Gasteiger partial charge is 0.416 e. The van der Waals surface area contributed by atoms with Crippen LogP contribution >= 0.6 is 0 Å². The SMILES string of the molecule is c1ccc(-c2cc(-c3ccccc3)cc(-n3c4ccccc4c4cc(-c5nnc(-c6cccc7c6c6ccccc6n7-c6cc(-c7ccccc7)cc(-c7ccccc7)c6)o5)ccc43)c2)cc1. The molecule has 0 saturated carbocycles. The molecule has 0 radical (unpaired) electrons. The van der Waals surface area contributed by atoms with Crippen LogP contribution < -0.4 is 0 Å². The average Bonchev–Trinajstić information content (AvgIpc) is 4.13. The first-order valence-corrected chi connectivity index (χ1v) is 22.6. The van der Waals surface area contributed by atoms with Gasteiger partial charge in [0.05, 0.1) is 22.1 Å². The molecule has 0 fully saturated rings. The van der Waals surface area contributed by atoms with E-state index in [2.05, 4.69) is 252 Å². The standard InChI is InChI=1S/C62H40N4O/c1-5-18-41(19-6-1)46-34-47(42-20-7-2-8-21-42)37-50(36-46)65-56-29-15-13-26-52(56)55-40-45(32-33-58(55)65)61-63-64-62(67-61)54-28-17-31-59-60(54)53-27-14-16-30-57(53)66(59)51-38-48(43-22-9-3-10-23-43)35-49(39-51)44-24-11-4-12-25-44/h1-40H. The molecule has 0 aliphatic heterocycles. The van der Waals surface area contributed by atoms with E-state index in [-0.39, 0.29) is 0 Å². The predicted molar refractivity (Wildman–Crippen MR) is 276 cm³/mol. The van der Waals surface area contributed by atoms with E-state index in [0.717, 1.165) is 88.4 Å². The third kappa shape index (κ3) is 6.64. The summed E-state index contributed by atoms with van der Waals surface area (Å²) < 4.78 is 11.5. The van der Waals surface area contributed by atoms with Gasteiger partial charge >= 0.3 is 0 Å².